The smallest absolute Gasteiger partial charge is 0.0252 e. The summed E-state index contributed by atoms with van der Waals surface area (Å²) in [6, 6.07) is 2.51. The summed E-state index contributed by atoms with van der Waals surface area (Å²) in [5, 5.41) is 3.51. The minimum atomic E-state index is 0.754. The molecule has 0 heterocycles. The van der Waals surface area contributed by atoms with E-state index in [1.54, 1.807) is 0 Å². The van der Waals surface area contributed by atoms with Crippen molar-refractivity contribution in [2.75, 3.05) is 13.6 Å². The van der Waals surface area contributed by atoms with E-state index < -0.39 is 0 Å². The van der Waals surface area contributed by atoms with Gasteiger partial charge in [0.2, 0.25) is 0 Å². The molecule has 0 saturated heterocycles. The third-order valence-electron chi connectivity index (χ3n) is 3.91. The van der Waals surface area contributed by atoms with Gasteiger partial charge in [0.25, 0.3) is 0 Å². The highest BCUT2D eigenvalue weighted by molar-refractivity contribution is 4.94. The predicted octanol–water partition coefficient (Wildman–Crippen LogP) is 2.00. The van der Waals surface area contributed by atoms with Crippen LogP contribution in [0.2, 0.25) is 0 Å². The van der Waals surface area contributed by atoms with Crippen LogP contribution in [0.5, 0.6) is 0 Å². The van der Waals surface area contributed by atoms with Crippen molar-refractivity contribution in [1.29, 1.82) is 0 Å². The first-order valence-corrected chi connectivity index (χ1v) is 6.29. The largest absolute Gasteiger partial charge is 0.315 e. The van der Waals surface area contributed by atoms with E-state index in [9.17, 15) is 0 Å². The molecule has 82 valence electrons. The molecule has 2 aliphatic rings. The Morgan fingerprint density at radius 1 is 1.14 bits per heavy atom. The fraction of sp³-hybridized carbons (Fsp3) is 1.00. The Hall–Kier alpha value is -0.0800. The summed E-state index contributed by atoms with van der Waals surface area (Å²) in [5.41, 5.74) is 0. The van der Waals surface area contributed by atoms with E-state index in [1.807, 2.05) is 0 Å². The zero-order valence-corrected chi connectivity index (χ0v) is 9.63. The first kappa shape index (κ1) is 10.4. The minimum absolute atomic E-state index is 0.754. The molecule has 0 aliphatic heterocycles. The van der Waals surface area contributed by atoms with Crippen LogP contribution in [-0.2, 0) is 0 Å². The van der Waals surface area contributed by atoms with Crippen molar-refractivity contribution in [3.63, 3.8) is 0 Å². The molecule has 0 radical (unpaired) electrons. The van der Waals surface area contributed by atoms with Crippen LogP contribution in [0.15, 0.2) is 0 Å². The molecule has 0 spiro atoms. The molecule has 0 bridgehead atoms. The molecule has 14 heavy (non-hydrogen) atoms. The highest BCUT2D eigenvalue weighted by atomic mass is 15.2. The quantitative estimate of drug-likeness (QED) is 0.740. The van der Waals surface area contributed by atoms with Crippen LogP contribution in [0.4, 0.5) is 0 Å². The van der Waals surface area contributed by atoms with Gasteiger partial charge < -0.3 is 5.32 Å². The maximum absolute atomic E-state index is 3.51. The van der Waals surface area contributed by atoms with E-state index in [2.05, 4.69) is 24.2 Å². The molecule has 2 nitrogen and oxygen atoms in total. The lowest BCUT2D eigenvalue weighted by Crippen LogP contribution is -2.51. The van der Waals surface area contributed by atoms with Crippen LogP contribution in [0.25, 0.3) is 0 Å². The second kappa shape index (κ2) is 4.63. The van der Waals surface area contributed by atoms with Gasteiger partial charge in [-0.2, -0.15) is 0 Å². The molecule has 0 aromatic heterocycles. The van der Waals surface area contributed by atoms with Crippen molar-refractivity contribution >= 4 is 0 Å². The van der Waals surface area contributed by atoms with Crippen LogP contribution in [0, 0.1) is 0 Å². The van der Waals surface area contributed by atoms with Crippen LogP contribution >= 0.6 is 0 Å². The fourth-order valence-corrected chi connectivity index (χ4v) is 3.01. The lowest BCUT2D eigenvalue weighted by atomic mass is 9.89. The van der Waals surface area contributed by atoms with Crippen LogP contribution in [-0.4, -0.2) is 36.6 Å². The summed E-state index contributed by atoms with van der Waals surface area (Å²) >= 11 is 0. The summed E-state index contributed by atoms with van der Waals surface area (Å²) in [4.78, 5) is 2.75. The number of rotatable bonds is 4. The van der Waals surface area contributed by atoms with Crippen molar-refractivity contribution in [2.24, 2.45) is 0 Å². The Kier molecular flexibility index (Phi) is 3.45. The van der Waals surface area contributed by atoms with E-state index in [-0.39, 0.29) is 0 Å². The van der Waals surface area contributed by atoms with E-state index in [4.69, 9.17) is 0 Å². The average Bonchev–Trinajstić information content (AvgIpc) is 3.04. The first-order valence-electron chi connectivity index (χ1n) is 6.29. The SMILES string of the molecule is CCN(C1CC1)C1CCCCC1NC. The fourth-order valence-electron chi connectivity index (χ4n) is 3.01. The van der Waals surface area contributed by atoms with Crippen LogP contribution in [0.3, 0.4) is 0 Å². The molecule has 0 aromatic rings. The maximum atomic E-state index is 3.51. The van der Waals surface area contributed by atoms with Gasteiger partial charge >= 0.3 is 0 Å². The lowest BCUT2D eigenvalue weighted by Gasteiger charge is -2.39. The summed E-state index contributed by atoms with van der Waals surface area (Å²) in [7, 11) is 2.13. The second-order valence-electron chi connectivity index (χ2n) is 4.81. The van der Waals surface area contributed by atoms with Gasteiger partial charge in [0.15, 0.2) is 0 Å². The van der Waals surface area contributed by atoms with Gasteiger partial charge in [-0.05, 0) is 39.3 Å². The molecule has 0 aromatic carbocycles. The van der Waals surface area contributed by atoms with E-state index in [0.717, 1.165) is 18.1 Å². The standard InChI is InChI=1S/C12H24N2/c1-3-14(10-8-9-10)12-7-5-4-6-11(12)13-2/h10-13H,3-9H2,1-2H3. The van der Waals surface area contributed by atoms with Gasteiger partial charge in [0.1, 0.15) is 0 Å². The highest BCUT2D eigenvalue weighted by Gasteiger charge is 2.36. The summed E-state index contributed by atoms with van der Waals surface area (Å²) in [6.07, 6.45) is 8.54. The second-order valence-corrected chi connectivity index (χ2v) is 4.81. The normalized spacial score (nSPS) is 33.6. The number of nitrogens with zero attached hydrogens (tertiary/aromatic N) is 1. The van der Waals surface area contributed by atoms with E-state index in [1.165, 1.54) is 45.1 Å². The number of hydrogen-bond acceptors (Lipinski definition) is 2. The highest BCUT2D eigenvalue weighted by Crippen LogP contribution is 2.33. The van der Waals surface area contributed by atoms with E-state index >= 15 is 0 Å². The van der Waals surface area contributed by atoms with Gasteiger partial charge in [-0.3, -0.25) is 4.90 Å². The summed E-state index contributed by atoms with van der Waals surface area (Å²) in [6.45, 7) is 3.56. The monoisotopic (exact) mass is 196 g/mol. The zero-order valence-electron chi connectivity index (χ0n) is 9.63. The van der Waals surface area contributed by atoms with Gasteiger partial charge in [0.05, 0.1) is 0 Å². The predicted molar refractivity (Wildman–Crippen MR) is 60.5 cm³/mol. The van der Waals surface area contributed by atoms with Gasteiger partial charge in [-0.25, -0.2) is 0 Å². The van der Waals surface area contributed by atoms with E-state index in [0.29, 0.717) is 0 Å². The third kappa shape index (κ3) is 2.12. The maximum Gasteiger partial charge on any atom is 0.0252 e. The zero-order chi connectivity index (χ0) is 9.97. The molecule has 1 N–H and O–H groups in total. The van der Waals surface area contributed by atoms with Gasteiger partial charge in [0, 0.05) is 18.1 Å². The Balaban J connectivity index is 1.96. The molecule has 2 atom stereocenters. The summed E-state index contributed by atoms with van der Waals surface area (Å²) in [5.74, 6) is 0. The number of nitrogens with one attached hydrogen (secondary N) is 1. The lowest BCUT2D eigenvalue weighted by molar-refractivity contribution is 0.123. The van der Waals surface area contributed by atoms with Crippen molar-refractivity contribution in [3.05, 3.63) is 0 Å². The molecular weight excluding hydrogens is 172 g/mol. The Bertz CT molecular complexity index is 177. The van der Waals surface area contributed by atoms with Crippen molar-refractivity contribution in [3.8, 4) is 0 Å². The van der Waals surface area contributed by atoms with Crippen LogP contribution in [0.1, 0.15) is 45.4 Å². The van der Waals surface area contributed by atoms with Crippen molar-refractivity contribution in [2.45, 2.75) is 63.6 Å². The summed E-state index contributed by atoms with van der Waals surface area (Å²) < 4.78 is 0. The van der Waals surface area contributed by atoms with Crippen molar-refractivity contribution < 1.29 is 0 Å². The topological polar surface area (TPSA) is 15.3 Å². The molecular formula is C12H24N2. The molecule has 2 aliphatic carbocycles. The molecule has 2 heteroatoms. The molecule has 2 rings (SSSR count). The molecule has 2 unspecified atom stereocenters. The molecule has 0 amide bonds. The Morgan fingerprint density at radius 3 is 2.43 bits per heavy atom. The number of hydrogen-bond donors (Lipinski definition) is 1. The van der Waals surface area contributed by atoms with Gasteiger partial charge in [-0.1, -0.05) is 19.8 Å². The Labute approximate surface area is 88.1 Å². The Morgan fingerprint density at radius 2 is 1.86 bits per heavy atom. The number of likely N-dealkylation sites (N-methyl/N-ethyl adjacent to an activating group) is 2. The first-order chi connectivity index (χ1) is 6.86. The molecule has 2 fully saturated rings. The van der Waals surface area contributed by atoms with Crippen LogP contribution < -0.4 is 5.32 Å². The third-order valence-corrected chi connectivity index (χ3v) is 3.91. The molecule has 2 saturated carbocycles. The minimum Gasteiger partial charge on any atom is -0.315 e. The average molecular weight is 196 g/mol. The van der Waals surface area contributed by atoms with Crippen molar-refractivity contribution in [1.82, 2.24) is 10.2 Å². The van der Waals surface area contributed by atoms with Gasteiger partial charge in [-0.15, -0.1) is 0 Å².